The van der Waals surface area contributed by atoms with Crippen LogP contribution in [0.1, 0.15) is 18.1 Å². The van der Waals surface area contributed by atoms with E-state index in [-0.39, 0.29) is 18.2 Å². The maximum absolute atomic E-state index is 12.3. The molecule has 1 saturated heterocycles. The van der Waals surface area contributed by atoms with E-state index in [1.807, 2.05) is 24.3 Å². The lowest BCUT2D eigenvalue weighted by atomic mass is 10.1. The van der Waals surface area contributed by atoms with E-state index >= 15 is 0 Å². The smallest absolute Gasteiger partial charge is 0.323 e. The van der Waals surface area contributed by atoms with E-state index in [1.54, 1.807) is 24.7 Å². The van der Waals surface area contributed by atoms with Crippen LogP contribution in [-0.2, 0) is 29.7 Å². The Hall–Kier alpha value is -3.05. The molecule has 0 aliphatic carbocycles. The van der Waals surface area contributed by atoms with Gasteiger partial charge in [-0.15, -0.1) is 0 Å². The van der Waals surface area contributed by atoms with Gasteiger partial charge in [-0.3, -0.25) is 14.9 Å². The fourth-order valence-electron chi connectivity index (χ4n) is 4.56. The highest BCUT2D eigenvalue weighted by atomic mass is 16.5. The minimum absolute atomic E-state index is 0.00207. The Morgan fingerprint density at radius 3 is 2.74 bits per heavy atom. The van der Waals surface area contributed by atoms with Gasteiger partial charge in [0, 0.05) is 44.0 Å². The molecule has 3 unspecified atom stereocenters. The van der Waals surface area contributed by atoms with Crippen LogP contribution in [-0.4, -0.2) is 80.2 Å². The number of likely N-dealkylation sites (N-methyl/N-ethyl adjacent to an activating group) is 1. The summed E-state index contributed by atoms with van der Waals surface area (Å²) in [4.78, 5) is 30.8. The summed E-state index contributed by atoms with van der Waals surface area (Å²) < 4.78 is 9.72. The second kappa shape index (κ2) is 10.3. The molecule has 2 aromatic heterocycles. The van der Waals surface area contributed by atoms with E-state index < -0.39 is 18.1 Å². The summed E-state index contributed by atoms with van der Waals surface area (Å²) in [6.07, 6.45) is 0.773. The average molecular weight is 484 g/mol. The van der Waals surface area contributed by atoms with Gasteiger partial charge in [0.25, 0.3) is 5.56 Å². The molecule has 0 spiro atoms. The number of fused-ring (bicyclic) bond motifs is 1. The SMILES string of the molecule is Cc1cc(-c2nc3cc(CNC(C(=O)O)C(C)O)ccc3n2CC2CN(C)CCO2)cn(C)c1=O. The number of carboxylic acids is 1. The van der Waals surface area contributed by atoms with Crippen LogP contribution in [0.25, 0.3) is 22.4 Å². The van der Waals surface area contributed by atoms with Crippen LogP contribution in [0.2, 0.25) is 0 Å². The minimum atomic E-state index is -1.10. The summed E-state index contributed by atoms with van der Waals surface area (Å²) in [5.74, 6) is -0.358. The number of pyridine rings is 1. The summed E-state index contributed by atoms with van der Waals surface area (Å²) in [7, 11) is 3.81. The Kier molecular flexibility index (Phi) is 7.36. The van der Waals surface area contributed by atoms with E-state index in [9.17, 15) is 19.8 Å². The molecule has 3 atom stereocenters. The quantitative estimate of drug-likeness (QED) is 0.433. The van der Waals surface area contributed by atoms with Crippen LogP contribution >= 0.6 is 0 Å². The number of carboxylic acid groups (broad SMARTS) is 1. The largest absolute Gasteiger partial charge is 0.480 e. The summed E-state index contributed by atoms with van der Waals surface area (Å²) in [5, 5.41) is 22.0. The lowest BCUT2D eigenvalue weighted by Crippen LogP contribution is -2.44. The molecule has 3 N–H and O–H groups in total. The standard InChI is InChI=1S/C25H33N5O5/c1-15-9-18(12-29(4)24(15)32)23-27-20-10-17(11-26-22(16(2)31)25(33)34)5-6-21(20)30(23)14-19-13-28(3)7-8-35-19/h5-6,9-10,12,16,19,22,26,31H,7-8,11,13-14H2,1-4H3,(H,33,34). The van der Waals surface area contributed by atoms with Gasteiger partial charge in [0.1, 0.15) is 11.9 Å². The number of aromatic nitrogens is 3. The lowest BCUT2D eigenvalue weighted by molar-refractivity contribution is -0.142. The molecule has 1 aliphatic heterocycles. The van der Waals surface area contributed by atoms with Crippen molar-refractivity contribution in [2.75, 3.05) is 26.7 Å². The molecule has 188 valence electrons. The van der Waals surface area contributed by atoms with Crippen LogP contribution in [0.3, 0.4) is 0 Å². The maximum Gasteiger partial charge on any atom is 0.323 e. The van der Waals surface area contributed by atoms with Crippen molar-refractivity contribution in [1.29, 1.82) is 0 Å². The Morgan fingerprint density at radius 2 is 2.09 bits per heavy atom. The third-order valence-electron chi connectivity index (χ3n) is 6.44. The molecule has 3 aromatic rings. The maximum atomic E-state index is 12.3. The van der Waals surface area contributed by atoms with Crippen molar-refractivity contribution in [2.24, 2.45) is 7.05 Å². The molecule has 4 rings (SSSR count). The van der Waals surface area contributed by atoms with Crippen molar-refractivity contribution in [1.82, 2.24) is 24.3 Å². The van der Waals surface area contributed by atoms with Crippen LogP contribution in [0.5, 0.6) is 0 Å². The summed E-state index contributed by atoms with van der Waals surface area (Å²) in [5.41, 5.74) is 3.97. The number of carbonyl (C=O) groups is 1. The third kappa shape index (κ3) is 5.46. The van der Waals surface area contributed by atoms with E-state index in [1.165, 1.54) is 6.92 Å². The lowest BCUT2D eigenvalue weighted by Gasteiger charge is -2.30. The van der Waals surface area contributed by atoms with Gasteiger partial charge in [-0.2, -0.15) is 0 Å². The highest BCUT2D eigenvalue weighted by Gasteiger charge is 2.24. The fraction of sp³-hybridized carbons (Fsp3) is 0.480. The van der Waals surface area contributed by atoms with Gasteiger partial charge in [0.05, 0.1) is 36.4 Å². The van der Waals surface area contributed by atoms with Crippen molar-refractivity contribution in [3.05, 3.63) is 51.9 Å². The zero-order valence-corrected chi connectivity index (χ0v) is 20.6. The van der Waals surface area contributed by atoms with Gasteiger partial charge in [-0.1, -0.05) is 6.07 Å². The Bertz CT molecular complexity index is 1250. The van der Waals surface area contributed by atoms with E-state index in [4.69, 9.17) is 9.72 Å². The Morgan fingerprint density at radius 1 is 1.31 bits per heavy atom. The number of morpholine rings is 1. The molecule has 1 aliphatic rings. The molecule has 35 heavy (non-hydrogen) atoms. The molecule has 3 heterocycles. The number of aliphatic carboxylic acids is 1. The molecular weight excluding hydrogens is 450 g/mol. The molecule has 0 radical (unpaired) electrons. The molecule has 1 fully saturated rings. The van der Waals surface area contributed by atoms with E-state index in [0.29, 0.717) is 18.7 Å². The highest BCUT2D eigenvalue weighted by molar-refractivity contribution is 5.81. The molecule has 10 heteroatoms. The predicted octanol–water partition coefficient (Wildman–Crippen LogP) is 0.965. The van der Waals surface area contributed by atoms with Gasteiger partial charge in [0.2, 0.25) is 0 Å². The zero-order chi connectivity index (χ0) is 25.3. The number of aliphatic hydroxyl groups is 1. The van der Waals surface area contributed by atoms with Crippen LogP contribution in [0.4, 0.5) is 0 Å². The number of hydrogen-bond acceptors (Lipinski definition) is 7. The van der Waals surface area contributed by atoms with Gasteiger partial charge in [-0.25, -0.2) is 4.98 Å². The fourth-order valence-corrected chi connectivity index (χ4v) is 4.56. The molecule has 10 nitrogen and oxygen atoms in total. The Labute approximate surface area is 203 Å². The summed E-state index contributed by atoms with van der Waals surface area (Å²) >= 11 is 0. The first-order valence-corrected chi connectivity index (χ1v) is 11.7. The number of imidazole rings is 1. The van der Waals surface area contributed by atoms with Crippen molar-refractivity contribution >= 4 is 17.0 Å². The molecular formula is C25H33N5O5. The predicted molar refractivity (Wildman–Crippen MR) is 132 cm³/mol. The van der Waals surface area contributed by atoms with Gasteiger partial charge in [-0.05, 0) is 44.7 Å². The normalized spacial score (nSPS) is 18.6. The minimum Gasteiger partial charge on any atom is -0.480 e. The number of nitrogens with zero attached hydrogens (tertiary/aromatic N) is 4. The first kappa shape index (κ1) is 25.1. The highest BCUT2D eigenvalue weighted by Crippen LogP contribution is 2.27. The number of aryl methyl sites for hydroxylation is 2. The summed E-state index contributed by atoms with van der Waals surface area (Å²) in [6, 6.07) is 6.62. The van der Waals surface area contributed by atoms with E-state index in [2.05, 4.69) is 21.8 Å². The van der Waals surface area contributed by atoms with Crippen molar-refractivity contribution in [3.63, 3.8) is 0 Å². The van der Waals surface area contributed by atoms with Crippen LogP contribution in [0, 0.1) is 6.92 Å². The van der Waals surface area contributed by atoms with Gasteiger partial charge >= 0.3 is 5.97 Å². The van der Waals surface area contributed by atoms with Crippen LogP contribution < -0.4 is 10.9 Å². The number of aliphatic hydroxyl groups excluding tert-OH is 1. The molecule has 0 saturated carbocycles. The number of ether oxygens (including phenoxy) is 1. The topological polar surface area (TPSA) is 122 Å². The monoisotopic (exact) mass is 483 g/mol. The van der Waals surface area contributed by atoms with Crippen LogP contribution in [0.15, 0.2) is 35.3 Å². The van der Waals surface area contributed by atoms with Crippen molar-refractivity contribution in [3.8, 4) is 11.4 Å². The van der Waals surface area contributed by atoms with E-state index in [0.717, 1.165) is 41.1 Å². The van der Waals surface area contributed by atoms with Gasteiger partial charge < -0.3 is 29.0 Å². The molecule has 1 aromatic carbocycles. The molecule has 0 amide bonds. The Balaban J connectivity index is 1.73. The van der Waals surface area contributed by atoms with Gasteiger partial charge in [0.15, 0.2) is 0 Å². The summed E-state index contributed by atoms with van der Waals surface area (Å²) in [6.45, 7) is 6.50. The first-order valence-electron chi connectivity index (χ1n) is 11.7. The number of hydrogen-bond donors (Lipinski definition) is 3. The first-order chi connectivity index (χ1) is 16.6. The average Bonchev–Trinajstić information content (AvgIpc) is 3.14. The second-order valence-corrected chi connectivity index (χ2v) is 9.39. The zero-order valence-electron chi connectivity index (χ0n) is 20.6. The molecule has 0 bridgehead atoms. The van der Waals surface area contributed by atoms with Crippen molar-refractivity contribution < 1.29 is 19.7 Å². The number of nitrogens with one attached hydrogen (secondary N) is 1. The second-order valence-electron chi connectivity index (χ2n) is 9.39. The number of benzene rings is 1. The number of rotatable bonds is 8. The van der Waals surface area contributed by atoms with Crippen molar-refractivity contribution in [2.45, 2.75) is 45.2 Å². The third-order valence-corrected chi connectivity index (χ3v) is 6.44.